The van der Waals surface area contributed by atoms with E-state index in [1.807, 2.05) is 29.5 Å². The van der Waals surface area contributed by atoms with Gasteiger partial charge in [0, 0.05) is 76.1 Å². The van der Waals surface area contributed by atoms with Gasteiger partial charge < -0.3 is 14.3 Å². The van der Waals surface area contributed by atoms with E-state index in [-0.39, 0.29) is 10.8 Å². The third-order valence-corrected chi connectivity index (χ3v) is 14.9. The van der Waals surface area contributed by atoms with Gasteiger partial charge in [-0.25, -0.2) is 4.98 Å². The fraction of sp³-hybridized carbons (Fsp3) is 0.125. The molecule has 2 aliphatic rings. The first-order valence-electron chi connectivity index (χ1n) is 21.7. The van der Waals surface area contributed by atoms with Crippen LogP contribution in [0.3, 0.4) is 0 Å². The molecule has 0 radical (unpaired) electrons. The van der Waals surface area contributed by atoms with Crippen molar-refractivity contribution in [1.82, 2.24) is 9.55 Å². The van der Waals surface area contributed by atoms with Gasteiger partial charge in [0.1, 0.15) is 5.52 Å². The number of oxazole rings is 1. The lowest BCUT2D eigenvalue weighted by atomic mass is 9.59. The standard InChI is InChI=1S/C56H42BN3OS/c1-55(2,3)32-19-21-33(22-20-32)58-45-29-51-41(35-16-10-12-18-50(35)62-51)25-39(45)36-23-24-37-40-26-43-38(34-15-9-11-17-42(34)56(43,4)5)27-47(40)60-48-30-49-46(28-44(48)57-52(36)53(37)60)59-54(61-49)31-13-7-6-8-14-31/h6-30,57-58H,1-5H3. The van der Waals surface area contributed by atoms with Crippen molar-refractivity contribution in [2.75, 3.05) is 5.32 Å². The predicted octanol–water partition coefficient (Wildman–Crippen LogP) is 13.7. The van der Waals surface area contributed by atoms with Gasteiger partial charge in [0.25, 0.3) is 0 Å². The van der Waals surface area contributed by atoms with E-state index < -0.39 is 0 Å². The van der Waals surface area contributed by atoms with Crippen LogP contribution in [0.15, 0.2) is 156 Å². The van der Waals surface area contributed by atoms with Crippen LogP contribution in [0.4, 0.5) is 11.4 Å². The third kappa shape index (κ3) is 5.10. The summed E-state index contributed by atoms with van der Waals surface area (Å²) in [7, 11) is 0.762. The Morgan fingerprint density at radius 2 is 1.44 bits per heavy atom. The van der Waals surface area contributed by atoms with Crippen molar-refractivity contribution < 1.29 is 4.42 Å². The van der Waals surface area contributed by atoms with Crippen LogP contribution in [0.25, 0.3) is 92.5 Å². The number of nitrogens with zero attached hydrogens (tertiary/aromatic N) is 2. The molecule has 0 saturated carbocycles. The van der Waals surface area contributed by atoms with Gasteiger partial charge in [0.15, 0.2) is 12.9 Å². The van der Waals surface area contributed by atoms with Crippen molar-refractivity contribution in [3.05, 3.63) is 168 Å². The Morgan fingerprint density at radius 3 is 2.27 bits per heavy atom. The lowest BCUT2D eigenvalue weighted by Gasteiger charge is -2.24. The fourth-order valence-electron chi connectivity index (χ4n) is 10.6. The molecule has 8 aromatic carbocycles. The molecule has 13 rings (SSSR count). The molecule has 4 nitrogen and oxygen atoms in total. The van der Waals surface area contributed by atoms with E-state index in [4.69, 9.17) is 9.40 Å². The van der Waals surface area contributed by atoms with E-state index in [0.29, 0.717) is 5.89 Å². The molecule has 0 spiro atoms. The predicted molar refractivity (Wildman–Crippen MR) is 265 cm³/mol. The van der Waals surface area contributed by atoms with Crippen molar-refractivity contribution in [3.8, 4) is 39.4 Å². The lowest BCUT2D eigenvalue weighted by Crippen LogP contribution is -2.37. The van der Waals surface area contributed by atoms with E-state index >= 15 is 0 Å². The second kappa shape index (κ2) is 12.6. The third-order valence-electron chi connectivity index (χ3n) is 13.8. The highest BCUT2D eigenvalue weighted by atomic mass is 32.1. The molecule has 1 aliphatic heterocycles. The van der Waals surface area contributed by atoms with Crippen molar-refractivity contribution in [3.63, 3.8) is 0 Å². The zero-order valence-electron chi connectivity index (χ0n) is 35.4. The summed E-state index contributed by atoms with van der Waals surface area (Å²) in [6.45, 7) is 11.6. The quantitative estimate of drug-likeness (QED) is 0.180. The van der Waals surface area contributed by atoms with Crippen molar-refractivity contribution in [2.45, 2.75) is 45.4 Å². The zero-order chi connectivity index (χ0) is 41.6. The first-order chi connectivity index (χ1) is 30.1. The molecule has 0 amide bonds. The molecular weight excluding hydrogens is 774 g/mol. The molecule has 0 bridgehead atoms. The van der Waals surface area contributed by atoms with E-state index in [2.05, 4.69) is 178 Å². The smallest absolute Gasteiger partial charge is 0.227 e. The summed E-state index contributed by atoms with van der Waals surface area (Å²) < 4.78 is 11.7. The molecule has 1 N–H and O–H groups in total. The average Bonchev–Trinajstić information content (AvgIpc) is 4.01. The maximum absolute atomic E-state index is 6.57. The molecule has 0 fully saturated rings. The molecule has 4 heterocycles. The second-order valence-corrected chi connectivity index (χ2v) is 19.9. The topological polar surface area (TPSA) is 43.0 Å². The molecule has 0 atom stereocenters. The Hall–Kier alpha value is -6.89. The fourth-order valence-corrected chi connectivity index (χ4v) is 11.7. The van der Waals surface area contributed by atoms with Gasteiger partial charge in [-0.2, -0.15) is 0 Å². The molecule has 1 aliphatic carbocycles. The monoisotopic (exact) mass is 815 g/mol. The lowest BCUT2D eigenvalue weighted by molar-refractivity contribution is 0.590. The molecule has 0 saturated heterocycles. The highest BCUT2D eigenvalue weighted by Gasteiger charge is 2.37. The van der Waals surface area contributed by atoms with Crippen LogP contribution >= 0.6 is 11.3 Å². The van der Waals surface area contributed by atoms with Crippen molar-refractivity contribution in [2.24, 2.45) is 0 Å². The molecule has 6 heteroatoms. The van der Waals surface area contributed by atoms with Crippen LogP contribution in [0.5, 0.6) is 0 Å². The highest BCUT2D eigenvalue weighted by molar-refractivity contribution is 7.25. The summed E-state index contributed by atoms with van der Waals surface area (Å²) in [5, 5.41) is 9.06. The minimum Gasteiger partial charge on any atom is -0.436 e. The Bertz CT molecular complexity index is 3700. The van der Waals surface area contributed by atoms with Gasteiger partial charge in [0.2, 0.25) is 5.89 Å². The summed E-state index contributed by atoms with van der Waals surface area (Å²) in [5.41, 5.74) is 20.1. The van der Waals surface area contributed by atoms with Gasteiger partial charge in [-0.3, -0.25) is 0 Å². The molecule has 0 unspecified atom stereocenters. The normalized spacial score (nSPS) is 13.8. The van der Waals surface area contributed by atoms with Crippen molar-refractivity contribution in [1.29, 1.82) is 0 Å². The van der Waals surface area contributed by atoms with Crippen LogP contribution < -0.4 is 16.2 Å². The number of hydrogen-bond donors (Lipinski definition) is 1. The number of anilines is 2. The molecule has 62 heavy (non-hydrogen) atoms. The minimum absolute atomic E-state index is 0.0758. The van der Waals surface area contributed by atoms with Gasteiger partial charge in [-0.15, -0.1) is 11.3 Å². The van der Waals surface area contributed by atoms with Crippen LogP contribution in [0, 0.1) is 0 Å². The average molecular weight is 816 g/mol. The van der Waals surface area contributed by atoms with Gasteiger partial charge >= 0.3 is 0 Å². The van der Waals surface area contributed by atoms with Crippen LogP contribution in [-0.2, 0) is 10.8 Å². The molecule has 3 aromatic heterocycles. The first kappa shape index (κ1) is 35.8. The Kier molecular flexibility index (Phi) is 7.28. The highest BCUT2D eigenvalue weighted by Crippen LogP contribution is 2.51. The Labute approximate surface area is 364 Å². The van der Waals surface area contributed by atoms with E-state index in [9.17, 15) is 0 Å². The summed E-state index contributed by atoms with van der Waals surface area (Å²) in [6, 6.07) is 56.1. The SMILES string of the molecule is CC(C)(C)c1ccc(Nc2cc3sc4ccccc4c3cc2-c2ccc3c4cc5c(cc4n4c3c2Bc2cc3nc(-c6ccccc6)oc3cc2-4)-c2ccccc2C5(C)C)cc1. The Morgan fingerprint density at radius 1 is 0.645 bits per heavy atom. The molecule has 11 aromatic rings. The number of rotatable bonds is 4. The number of aromatic nitrogens is 2. The summed E-state index contributed by atoms with van der Waals surface area (Å²) >= 11 is 1.86. The number of benzene rings is 8. The summed E-state index contributed by atoms with van der Waals surface area (Å²) in [5.74, 6) is 0.642. The van der Waals surface area contributed by atoms with Crippen LogP contribution in [-0.4, -0.2) is 16.8 Å². The van der Waals surface area contributed by atoms with E-state index in [0.717, 1.165) is 41.0 Å². The maximum atomic E-state index is 6.57. The van der Waals surface area contributed by atoms with Crippen LogP contribution in [0.1, 0.15) is 51.3 Å². The molecular formula is C56H42BN3OS. The van der Waals surface area contributed by atoms with Gasteiger partial charge in [0.05, 0.1) is 5.52 Å². The minimum atomic E-state index is -0.111. The second-order valence-electron chi connectivity index (χ2n) is 18.9. The van der Waals surface area contributed by atoms with Crippen molar-refractivity contribution >= 4 is 94.0 Å². The van der Waals surface area contributed by atoms with Gasteiger partial charge in [-0.05, 0) is 105 Å². The van der Waals surface area contributed by atoms with E-state index in [1.165, 1.54) is 91.8 Å². The number of fused-ring (bicyclic) bond motifs is 12. The largest absolute Gasteiger partial charge is 0.436 e. The molecule has 296 valence electrons. The summed E-state index contributed by atoms with van der Waals surface area (Å²) in [4.78, 5) is 5.07. The number of hydrogen-bond acceptors (Lipinski definition) is 4. The zero-order valence-corrected chi connectivity index (χ0v) is 36.2. The van der Waals surface area contributed by atoms with Gasteiger partial charge in [-0.1, -0.05) is 125 Å². The first-order valence-corrected chi connectivity index (χ1v) is 22.5. The number of thiophene rings is 1. The number of nitrogens with one attached hydrogen (secondary N) is 1. The Balaban J connectivity index is 1.09. The summed E-state index contributed by atoms with van der Waals surface area (Å²) in [6.07, 6.45) is 0. The van der Waals surface area contributed by atoms with E-state index in [1.54, 1.807) is 0 Å². The van der Waals surface area contributed by atoms with Crippen LogP contribution in [0.2, 0.25) is 0 Å². The maximum Gasteiger partial charge on any atom is 0.227 e.